The Hall–Kier alpha value is -1.83. The first-order chi connectivity index (χ1) is 14.4. The summed E-state index contributed by atoms with van der Waals surface area (Å²) in [5.74, 6) is 0. The summed E-state index contributed by atoms with van der Waals surface area (Å²) in [5, 5.41) is 3.50. The number of hydrogen-bond acceptors (Lipinski definition) is 6. The zero-order chi connectivity index (χ0) is 21.1. The molecule has 0 bridgehead atoms. The lowest BCUT2D eigenvalue weighted by atomic mass is 9.68. The van der Waals surface area contributed by atoms with E-state index in [0.29, 0.717) is 6.54 Å². The molecule has 2 aromatic rings. The van der Waals surface area contributed by atoms with Crippen molar-refractivity contribution in [3.05, 3.63) is 54.1 Å². The second-order valence-electron chi connectivity index (χ2n) is 8.89. The highest BCUT2D eigenvalue weighted by Crippen LogP contribution is 2.49. The minimum atomic E-state index is -3.24. The molecule has 0 aromatic carbocycles. The van der Waals surface area contributed by atoms with E-state index in [4.69, 9.17) is 9.72 Å². The summed E-state index contributed by atoms with van der Waals surface area (Å²) in [7, 11) is -3.24. The second kappa shape index (κ2) is 8.73. The largest absolute Gasteiger partial charge is 0.375 e. The molecule has 0 amide bonds. The van der Waals surface area contributed by atoms with Crippen molar-refractivity contribution in [2.45, 2.75) is 67.4 Å². The molecule has 1 N–H and O–H groups in total. The van der Waals surface area contributed by atoms with Crippen molar-refractivity contribution in [2.75, 3.05) is 19.4 Å². The van der Waals surface area contributed by atoms with Gasteiger partial charge in [0, 0.05) is 49.1 Å². The predicted molar refractivity (Wildman–Crippen MR) is 116 cm³/mol. The van der Waals surface area contributed by atoms with Gasteiger partial charge in [-0.3, -0.25) is 9.97 Å². The highest BCUT2D eigenvalue weighted by Gasteiger charge is 2.48. The minimum absolute atomic E-state index is 0.0174. The Labute approximate surface area is 179 Å². The number of sulfone groups is 1. The first kappa shape index (κ1) is 21.4. The highest BCUT2D eigenvalue weighted by molar-refractivity contribution is 7.90. The molecule has 0 radical (unpaired) electrons. The number of pyridine rings is 2. The number of nitrogens with zero attached hydrogens (tertiary/aromatic N) is 2. The van der Waals surface area contributed by atoms with E-state index in [1.54, 1.807) is 12.3 Å². The second-order valence-corrected chi connectivity index (χ2v) is 10.9. The molecule has 1 aliphatic carbocycles. The van der Waals surface area contributed by atoms with Gasteiger partial charge >= 0.3 is 0 Å². The Balaban J connectivity index is 1.45. The standard InChI is InChI=1S/C23H31N3O3S/c1-30(27,28)20-14-19(16-25-17-20)15-24-12-9-22(21-6-2-5-11-26-21)10-13-29-23(18-22)7-3-4-8-23/h2,5-6,11,14,16-17,24H,3-4,7-10,12-13,15,18H2,1H3/t22-/m0/s1. The van der Waals surface area contributed by atoms with Crippen molar-refractivity contribution >= 4 is 9.84 Å². The molecule has 7 heteroatoms. The van der Waals surface area contributed by atoms with Gasteiger partial charge in [-0.2, -0.15) is 0 Å². The number of nitrogens with one attached hydrogen (secondary N) is 1. The van der Waals surface area contributed by atoms with E-state index in [1.165, 1.54) is 31.0 Å². The smallest absolute Gasteiger partial charge is 0.177 e. The third-order valence-corrected chi connectivity index (χ3v) is 7.76. The quantitative estimate of drug-likeness (QED) is 0.679. The molecule has 2 fully saturated rings. The molecule has 30 heavy (non-hydrogen) atoms. The van der Waals surface area contributed by atoms with E-state index in [9.17, 15) is 8.42 Å². The number of rotatable bonds is 7. The van der Waals surface area contributed by atoms with Crippen molar-refractivity contribution in [1.82, 2.24) is 15.3 Å². The molecule has 1 saturated carbocycles. The van der Waals surface area contributed by atoms with E-state index in [-0.39, 0.29) is 15.9 Å². The molecule has 1 spiro atoms. The minimum Gasteiger partial charge on any atom is -0.375 e. The van der Waals surface area contributed by atoms with E-state index in [2.05, 4.69) is 22.4 Å². The molecular weight excluding hydrogens is 398 g/mol. The maximum Gasteiger partial charge on any atom is 0.177 e. The van der Waals surface area contributed by atoms with Gasteiger partial charge in [-0.15, -0.1) is 0 Å². The molecule has 1 atom stereocenters. The summed E-state index contributed by atoms with van der Waals surface area (Å²) in [4.78, 5) is 9.09. The van der Waals surface area contributed by atoms with E-state index in [0.717, 1.165) is 50.8 Å². The molecular formula is C23H31N3O3S. The van der Waals surface area contributed by atoms with Crippen molar-refractivity contribution in [1.29, 1.82) is 0 Å². The van der Waals surface area contributed by atoms with Gasteiger partial charge in [0.2, 0.25) is 0 Å². The van der Waals surface area contributed by atoms with Crippen molar-refractivity contribution in [3.63, 3.8) is 0 Å². The summed E-state index contributed by atoms with van der Waals surface area (Å²) >= 11 is 0. The van der Waals surface area contributed by atoms with Gasteiger partial charge in [0.05, 0.1) is 10.5 Å². The third kappa shape index (κ3) is 4.74. The lowest BCUT2D eigenvalue weighted by Crippen LogP contribution is -2.47. The average Bonchev–Trinajstić information content (AvgIpc) is 3.19. The maximum absolute atomic E-state index is 11.8. The molecule has 0 unspecified atom stereocenters. The first-order valence-corrected chi connectivity index (χ1v) is 12.7. The molecule has 2 aliphatic rings. The van der Waals surface area contributed by atoms with Gasteiger partial charge in [0.1, 0.15) is 0 Å². The number of aromatic nitrogens is 2. The molecule has 162 valence electrons. The fourth-order valence-electron chi connectivity index (χ4n) is 5.12. The summed E-state index contributed by atoms with van der Waals surface area (Å²) < 4.78 is 29.8. The van der Waals surface area contributed by atoms with E-state index >= 15 is 0 Å². The van der Waals surface area contributed by atoms with E-state index < -0.39 is 9.84 Å². The van der Waals surface area contributed by atoms with Crippen LogP contribution in [0.2, 0.25) is 0 Å². The molecule has 2 aromatic heterocycles. The Morgan fingerprint density at radius 1 is 1.17 bits per heavy atom. The lowest BCUT2D eigenvalue weighted by molar-refractivity contribution is -0.104. The monoisotopic (exact) mass is 429 g/mol. The van der Waals surface area contributed by atoms with Crippen LogP contribution in [0.3, 0.4) is 0 Å². The fraction of sp³-hybridized carbons (Fsp3) is 0.565. The molecule has 1 saturated heterocycles. The van der Waals surface area contributed by atoms with Crippen LogP contribution in [0.25, 0.3) is 0 Å². The Morgan fingerprint density at radius 2 is 2.00 bits per heavy atom. The van der Waals surface area contributed by atoms with Crippen molar-refractivity contribution in [3.8, 4) is 0 Å². The molecule has 6 nitrogen and oxygen atoms in total. The van der Waals surface area contributed by atoms with Gasteiger partial charge < -0.3 is 10.1 Å². The molecule has 4 rings (SSSR count). The van der Waals surface area contributed by atoms with Crippen LogP contribution in [-0.4, -0.2) is 43.4 Å². The van der Waals surface area contributed by atoms with Gasteiger partial charge in [0.25, 0.3) is 0 Å². The van der Waals surface area contributed by atoms with Gasteiger partial charge in [-0.1, -0.05) is 18.9 Å². The zero-order valence-corrected chi connectivity index (χ0v) is 18.5. The zero-order valence-electron chi connectivity index (χ0n) is 17.6. The van der Waals surface area contributed by atoms with E-state index in [1.807, 2.05) is 12.3 Å². The van der Waals surface area contributed by atoms with Crippen LogP contribution in [0.15, 0.2) is 47.8 Å². The maximum atomic E-state index is 11.8. The molecule has 3 heterocycles. The predicted octanol–water partition coefficient (Wildman–Crippen LogP) is 3.42. The summed E-state index contributed by atoms with van der Waals surface area (Å²) in [6, 6.07) is 7.91. The summed E-state index contributed by atoms with van der Waals surface area (Å²) in [5.41, 5.74) is 2.08. The molecule has 1 aliphatic heterocycles. The Kier molecular flexibility index (Phi) is 6.23. The topological polar surface area (TPSA) is 81.2 Å². The number of ether oxygens (including phenoxy) is 1. The van der Waals surface area contributed by atoms with Gasteiger partial charge in [-0.25, -0.2) is 8.42 Å². The number of hydrogen-bond donors (Lipinski definition) is 1. The van der Waals surface area contributed by atoms with Crippen LogP contribution in [-0.2, 0) is 26.5 Å². The lowest BCUT2D eigenvalue weighted by Gasteiger charge is -2.46. The van der Waals surface area contributed by atoms with Crippen LogP contribution < -0.4 is 5.32 Å². The summed E-state index contributed by atoms with van der Waals surface area (Å²) in [6.45, 7) is 2.21. The Bertz CT molecular complexity index is 959. The fourth-order valence-corrected chi connectivity index (χ4v) is 5.74. The normalized spacial score (nSPS) is 23.6. The average molecular weight is 430 g/mol. The van der Waals surface area contributed by atoms with Crippen LogP contribution in [0, 0.1) is 0 Å². The van der Waals surface area contributed by atoms with Crippen LogP contribution in [0.5, 0.6) is 0 Å². The summed E-state index contributed by atoms with van der Waals surface area (Å²) in [6.07, 6.45) is 14.0. The SMILES string of the molecule is CS(=O)(=O)c1cncc(CNCC[C@]2(c3ccccn3)CCOC3(CCCC3)C2)c1. The van der Waals surface area contributed by atoms with Crippen molar-refractivity contribution in [2.24, 2.45) is 0 Å². The highest BCUT2D eigenvalue weighted by atomic mass is 32.2. The van der Waals surface area contributed by atoms with Gasteiger partial charge in [0.15, 0.2) is 9.84 Å². The van der Waals surface area contributed by atoms with Crippen LogP contribution in [0.4, 0.5) is 0 Å². The van der Waals surface area contributed by atoms with Gasteiger partial charge in [-0.05, 0) is 62.4 Å². The van der Waals surface area contributed by atoms with Crippen LogP contribution in [0.1, 0.15) is 56.2 Å². The van der Waals surface area contributed by atoms with Crippen molar-refractivity contribution < 1.29 is 13.2 Å². The third-order valence-electron chi connectivity index (χ3n) is 6.68. The Morgan fingerprint density at radius 3 is 2.73 bits per heavy atom. The van der Waals surface area contributed by atoms with Crippen LogP contribution >= 0.6 is 0 Å². The first-order valence-electron chi connectivity index (χ1n) is 10.8.